The van der Waals surface area contributed by atoms with Gasteiger partial charge in [0.1, 0.15) is 11.8 Å². The van der Waals surface area contributed by atoms with E-state index in [1.807, 2.05) is 5.32 Å². The molecular formula is C12H12BrF2NO4. The lowest BCUT2D eigenvalue weighted by Crippen LogP contribution is -2.44. The molecule has 0 aromatic heterocycles. The summed E-state index contributed by atoms with van der Waals surface area (Å²) < 4.78 is 30.2. The third-order valence-corrected chi connectivity index (χ3v) is 2.76. The van der Waals surface area contributed by atoms with Gasteiger partial charge < -0.3 is 15.2 Å². The van der Waals surface area contributed by atoms with Crippen molar-refractivity contribution >= 4 is 27.8 Å². The average molecular weight is 352 g/mol. The molecule has 0 aliphatic heterocycles. The van der Waals surface area contributed by atoms with E-state index in [0.29, 0.717) is 5.75 Å². The van der Waals surface area contributed by atoms with Gasteiger partial charge in [-0.1, -0.05) is 15.9 Å². The van der Waals surface area contributed by atoms with E-state index in [9.17, 15) is 18.4 Å². The Hall–Kier alpha value is -1.70. The Balaban J connectivity index is 2.45. The molecule has 0 fully saturated rings. The molecular weight excluding hydrogens is 340 g/mol. The Morgan fingerprint density at radius 2 is 1.90 bits per heavy atom. The SMILES string of the molecule is O=C(COc1ccc(Br)cc1)NC(CC(F)F)C(=O)O. The Morgan fingerprint density at radius 3 is 2.40 bits per heavy atom. The molecule has 0 aliphatic rings. The second-order valence-electron chi connectivity index (χ2n) is 3.83. The Labute approximate surface area is 122 Å². The van der Waals surface area contributed by atoms with Crippen molar-refractivity contribution in [3.05, 3.63) is 28.7 Å². The Kier molecular flexibility index (Phi) is 6.37. The van der Waals surface area contributed by atoms with Crippen LogP contribution < -0.4 is 10.1 Å². The Morgan fingerprint density at radius 1 is 1.30 bits per heavy atom. The fourth-order valence-electron chi connectivity index (χ4n) is 1.32. The zero-order valence-corrected chi connectivity index (χ0v) is 11.8. The van der Waals surface area contributed by atoms with Gasteiger partial charge in [-0.3, -0.25) is 4.79 Å². The van der Waals surface area contributed by atoms with E-state index in [0.717, 1.165) is 4.47 Å². The summed E-state index contributed by atoms with van der Waals surface area (Å²) in [6, 6.07) is 4.97. The molecule has 1 rings (SSSR count). The lowest BCUT2D eigenvalue weighted by molar-refractivity contribution is -0.143. The van der Waals surface area contributed by atoms with Gasteiger partial charge >= 0.3 is 5.97 Å². The van der Waals surface area contributed by atoms with E-state index in [2.05, 4.69) is 15.9 Å². The molecule has 110 valence electrons. The van der Waals surface area contributed by atoms with Gasteiger partial charge in [-0.05, 0) is 24.3 Å². The van der Waals surface area contributed by atoms with Gasteiger partial charge in [0.25, 0.3) is 5.91 Å². The molecule has 1 aromatic carbocycles. The number of carboxylic acid groups (broad SMARTS) is 1. The predicted molar refractivity (Wildman–Crippen MR) is 69.8 cm³/mol. The van der Waals surface area contributed by atoms with Gasteiger partial charge in [0, 0.05) is 10.9 Å². The van der Waals surface area contributed by atoms with E-state index < -0.39 is 37.4 Å². The summed E-state index contributed by atoms with van der Waals surface area (Å²) in [5, 5.41) is 10.7. The van der Waals surface area contributed by atoms with Crippen molar-refractivity contribution in [3.8, 4) is 5.75 Å². The first-order valence-electron chi connectivity index (χ1n) is 5.57. The normalized spacial score (nSPS) is 12.0. The molecule has 20 heavy (non-hydrogen) atoms. The third-order valence-electron chi connectivity index (χ3n) is 2.23. The molecule has 0 radical (unpaired) electrons. The van der Waals surface area contributed by atoms with Crippen LogP contribution in [0, 0.1) is 0 Å². The maximum absolute atomic E-state index is 12.1. The number of amides is 1. The van der Waals surface area contributed by atoms with E-state index >= 15 is 0 Å². The van der Waals surface area contributed by atoms with Crippen LogP contribution in [0.2, 0.25) is 0 Å². The first-order chi connectivity index (χ1) is 9.38. The second-order valence-corrected chi connectivity index (χ2v) is 4.74. The number of alkyl halides is 2. The van der Waals surface area contributed by atoms with Gasteiger partial charge in [0.2, 0.25) is 6.43 Å². The molecule has 0 aliphatic carbocycles. The number of ether oxygens (including phenoxy) is 1. The maximum atomic E-state index is 12.1. The van der Waals surface area contributed by atoms with Crippen LogP contribution in [-0.2, 0) is 9.59 Å². The molecule has 0 spiro atoms. The van der Waals surface area contributed by atoms with E-state index in [4.69, 9.17) is 9.84 Å². The van der Waals surface area contributed by atoms with Gasteiger partial charge in [-0.25, -0.2) is 13.6 Å². The molecule has 1 atom stereocenters. The van der Waals surface area contributed by atoms with Crippen LogP contribution in [0.3, 0.4) is 0 Å². The minimum atomic E-state index is -2.82. The summed E-state index contributed by atoms with van der Waals surface area (Å²) in [7, 11) is 0. The van der Waals surface area contributed by atoms with Gasteiger partial charge in [-0.15, -0.1) is 0 Å². The van der Waals surface area contributed by atoms with Crippen LogP contribution in [0.15, 0.2) is 28.7 Å². The largest absolute Gasteiger partial charge is 0.484 e. The number of halogens is 3. The molecule has 8 heteroatoms. The minimum Gasteiger partial charge on any atom is -0.484 e. The van der Waals surface area contributed by atoms with Crippen molar-refractivity contribution in [2.45, 2.75) is 18.9 Å². The summed E-state index contributed by atoms with van der Waals surface area (Å²) in [6.45, 7) is -0.450. The number of carboxylic acids is 1. The molecule has 1 aromatic rings. The summed E-state index contributed by atoms with van der Waals surface area (Å²) in [6.07, 6.45) is -3.76. The molecule has 0 heterocycles. The molecule has 5 nitrogen and oxygen atoms in total. The van der Waals surface area contributed by atoms with Crippen molar-refractivity contribution < 1.29 is 28.2 Å². The number of carbonyl (C=O) groups is 2. The van der Waals surface area contributed by atoms with Gasteiger partial charge in [0.05, 0.1) is 0 Å². The van der Waals surface area contributed by atoms with Crippen LogP contribution >= 0.6 is 15.9 Å². The topological polar surface area (TPSA) is 75.6 Å². The lowest BCUT2D eigenvalue weighted by Gasteiger charge is -2.14. The third kappa shape index (κ3) is 5.96. The summed E-state index contributed by atoms with van der Waals surface area (Å²) in [5.41, 5.74) is 0. The molecule has 0 saturated carbocycles. The molecule has 0 saturated heterocycles. The highest BCUT2D eigenvalue weighted by molar-refractivity contribution is 9.10. The number of aliphatic carboxylic acids is 1. The first-order valence-corrected chi connectivity index (χ1v) is 6.36. The van der Waals surface area contributed by atoms with Crippen molar-refractivity contribution in [1.29, 1.82) is 0 Å². The van der Waals surface area contributed by atoms with Gasteiger partial charge in [-0.2, -0.15) is 0 Å². The van der Waals surface area contributed by atoms with Crippen LogP contribution in [0.25, 0.3) is 0 Å². The average Bonchev–Trinajstić information content (AvgIpc) is 2.36. The van der Waals surface area contributed by atoms with Crippen molar-refractivity contribution in [3.63, 3.8) is 0 Å². The van der Waals surface area contributed by atoms with Crippen LogP contribution in [0.1, 0.15) is 6.42 Å². The monoisotopic (exact) mass is 351 g/mol. The molecule has 0 bridgehead atoms. The quantitative estimate of drug-likeness (QED) is 0.788. The van der Waals surface area contributed by atoms with Crippen molar-refractivity contribution in [1.82, 2.24) is 5.32 Å². The fraction of sp³-hybridized carbons (Fsp3) is 0.333. The first kappa shape index (κ1) is 16.4. The maximum Gasteiger partial charge on any atom is 0.326 e. The second kappa shape index (κ2) is 7.78. The summed E-state index contributed by atoms with van der Waals surface area (Å²) >= 11 is 3.23. The van der Waals surface area contributed by atoms with Crippen molar-refractivity contribution in [2.24, 2.45) is 0 Å². The number of hydrogen-bond donors (Lipinski definition) is 2. The highest BCUT2D eigenvalue weighted by atomic mass is 79.9. The number of nitrogens with one attached hydrogen (secondary N) is 1. The highest BCUT2D eigenvalue weighted by Crippen LogP contribution is 2.15. The fourth-order valence-corrected chi connectivity index (χ4v) is 1.58. The predicted octanol–water partition coefficient (Wildman–Crippen LogP) is 2.05. The molecule has 1 amide bonds. The van der Waals surface area contributed by atoms with Crippen molar-refractivity contribution in [2.75, 3.05) is 6.61 Å². The zero-order chi connectivity index (χ0) is 15.1. The summed E-state index contributed by atoms with van der Waals surface area (Å²) in [4.78, 5) is 22.1. The van der Waals surface area contributed by atoms with E-state index in [1.54, 1.807) is 24.3 Å². The van der Waals surface area contributed by atoms with Crippen LogP contribution in [0.4, 0.5) is 8.78 Å². The number of benzene rings is 1. The van der Waals surface area contributed by atoms with Gasteiger partial charge in [0.15, 0.2) is 6.61 Å². The number of hydrogen-bond acceptors (Lipinski definition) is 3. The molecule has 2 N–H and O–H groups in total. The molecule has 1 unspecified atom stereocenters. The number of rotatable bonds is 7. The minimum absolute atomic E-state index is 0.407. The van der Waals surface area contributed by atoms with E-state index in [-0.39, 0.29) is 0 Å². The van der Waals surface area contributed by atoms with Crippen LogP contribution in [0.5, 0.6) is 5.75 Å². The Bertz CT molecular complexity index is 467. The van der Waals surface area contributed by atoms with E-state index in [1.165, 1.54) is 0 Å². The highest BCUT2D eigenvalue weighted by Gasteiger charge is 2.24. The smallest absolute Gasteiger partial charge is 0.326 e. The number of carbonyl (C=O) groups excluding carboxylic acids is 1. The zero-order valence-electron chi connectivity index (χ0n) is 10.2. The lowest BCUT2D eigenvalue weighted by atomic mass is 10.2. The van der Waals surface area contributed by atoms with Crippen LogP contribution in [-0.4, -0.2) is 36.1 Å². The summed E-state index contributed by atoms with van der Waals surface area (Å²) in [5.74, 6) is -1.88. The standard InChI is InChI=1S/C12H12BrF2NO4/c13-7-1-3-8(4-2-7)20-6-11(17)16-9(12(18)19)5-10(14)15/h1-4,9-10H,5-6H2,(H,16,17)(H,18,19).